The first-order valence-corrected chi connectivity index (χ1v) is 21.0. The molecule has 2 aromatic rings. The molecule has 0 saturated heterocycles. The second-order valence-electron chi connectivity index (χ2n) is 12.8. The van der Waals surface area contributed by atoms with Gasteiger partial charge in [-0.25, -0.2) is 16.8 Å². The summed E-state index contributed by atoms with van der Waals surface area (Å²) in [7, 11) is -8.66. The van der Waals surface area contributed by atoms with Crippen molar-refractivity contribution >= 4 is 20.2 Å². The van der Waals surface area contributed by atoms with Crippen LogP contribution >= 0.6 is 0 Å². The maximum atomic E-state index is 11.0. The van der Waals surface area contributed by atoms with E-state index in [1.54, 1.807) is 12.1 Å². The third-order valence-corrected chi connectivity index (χ3v) is 10.2. The SMILES string of the molecule is CCCCCCCCCCCCCc1cccc(S(=O)(=O)[O-])c1.CCCCCCCCCCCCCc1cccc(S(=O)(=O)[O-])c1.[Zn+2]. The van der Waals surface area contributed by atoms with Crippen molar-refractivity contribution in [2.75, 3.05) is 0 Å². The average molecular weight is 744 g/mol. The molecule has 0 N–H and O–H groups in total. The van der Waals surface area contributed by atoms with Gasteiger partial charge >= 0.3 is 19.5 Å². The van der Waals surface area contributed by atoms with E-state index in [-0.39, 0.29) is 29.3 Å². The molecule has 2 rings (SSSR count). The average Bonchev–Trinajstić information content (AvgIpc) is 3.02. The third kappa shape index (κ3) is 25.5. The Bertz CT molecular complexity index is 1150. The van der Waals surface area contributed by atoms with Gasteiger partial charge in [-0.3, -0.25) is 0 Å². The van der Waals surface area contributed by atoms with Gasteiger partial charge in [0.1, 0.15) is 20.2 Å². The van der Waals surface area contributed by atoms with Crippen LogP contribution in [0.4, 0.5) is 0 Å². The summed E-state index contributed by atoms with van der Waals surface area (Å²) < 4.78 is 65.9. The molecule has 0 bridgehead atoms. The Morgan fingerprint density at radius 3 is 0.936 bits per heavy atom. The smallest absolute Gasteiger partial charge is 0.744 e. The maximum absolute atomic E-state index is 11.0. The molecule has 6 nitrogen and oxygen atoms in total. The van der Waals surface area contributed by atoms with Crippen molar-refractivity contribution in [1.29, 1.82) is 0 Å². The van der Waals surface area contributed by atoms with E-state index >= 15 is 0 Å². The van der Waals surface area contributed by atoms with E-state index < -0.39 is 20.2 Å². The molecule has 9 heteroatoms. The number of benzene rings is 2. The fourth-order valence-corrected chi connectivity index (χ4v) is 6.78. The van der Waals surface area contributed by atoms with Crippen LogP contribution in [-0.4, -0.2) is 25.9 Å². The van der Waals surface area contributed by atoms with Crippen LogP contribution in [0.15, 0.2) is 58.3 Å². The normalized spacial score (nSPS) is 11.5. The van der Waals surface area contributed by atoms with Crippen LogP contribution in [0, 0.1) is 0 Å². The minimum Gasteiger partial charge on any atom is -0.744 e. The van der Waals surface area contributed by atoms with E-state index in [1.807, 2.05) is 12.1 Å². The molecule has 0 spiro atoms. The van der Waals surface area contributed by atoms with Crippen LogP contribution in [0.25, 0.3) is 0 Å². The van der Waals surface area contributed by atoms with Gasteiger partial charge in [-0.05, 0) is 61.1 Å². The Morgan fingerprint density at radius 1 is 0.426 bits per heavy atom. The molecule has 0 saturated carbocycles. The summed E-state index contributed by atoms with van der Waals surface area (Å²) in [5, 5.41) is 0. The maximum Gasteiger partial charge on any atom is 2.00 e. The Labute approximate surface area is 301 Å². The fourth-order valence-electron chi connectivity index (χ4n) is 5.70. The standard InChI is InChI=1S/2C19H32O3S.Zn/c2*1-2-3-4-5-6-7-8-9-10-11-12-14-18-15-13-16-19(17-18)23(20,21)22;/h2*13,15-17H,2-12,14H2,1H3,(H,20,21,22);/q;;+2/p-2. The van der Waals surface area contributed by atoms with Gasteiger partial charge in [-0.15, -0.1) is 0 Å². The largest absolute Gasteiger partial charge is 2.00 e. The molecule has 0 heterocycles. The van der Waals surface area contributed by atoms with Crippen molar-refractivity contribution in [2.45, 2.75) is 178 Å². The molecule has 47 heavy (non-hydrogen) atoms. The second-order valence-corrected chi connectivity index (χ2v) is 15.5. The first-order valence-electron chi connectivity index (χ1n) is 18.2. The van der Waals surface area contributed by atoms with E-state index in [0.29, 0.717) is 0 Å². The zero-order valence-corrected chi connectivity index (χ0v) is 34.2. The van der Waals surface area contributed by atoms with E-state index in [2.05, 4.69) is 13.8 Å². The molecular formula is C38H62O6S2Zn. The fraction of sp³-hybridized carbons (Fsp3) is 0.684. The van der Waals surface area contributed by atoms with Gasteiger partial charge in [0, 0.05) is 0 Å². The number of hydrogen-bond donors (Lipinski definition) is 0. The number of unbranched alkanes of at least 4 members (excludes halogenated alkanes) is 20. The zero-order valence-electron chi connectivity index (χ0n) is 29.6. The molecular weight excluding hydrogens is 682 g/mol. The summed E-state index contributed by atoms with van der Waals surface area (Å²) in [4.78, 5) is -0.226. The van der Waals surface area contributed by atoms with Crippen molar-refractivity contribution in [3.05, 3.63) is 59.7 Å². The van der Waals surface area contributed by atoms with E-state index in [9.17, 15) is 25.9 Å². The summed E-state index contributed by atoms with van der Waals surface area (Å²) >= 11 is 0. The molecule has 264 valence electrons. The van der Waals surface area contributed by atoms with Crippen LogP contribution in [0.1, 0.15) is 166 Å². The van der Waals surface area contributed by atoms with Crippen molar-refractivity contribution in [1.82, 2.24) is 0 Å². The Kier molecular flexibility index (Phi) is 28.0. The third-order valence-electron chi connectivity index (χ3n) is 8.51. The van der Waals surface area contributed by atoms with Gasteiger partial charge in [0.15, 0.2) is 0 Å². The van der Waals surface area contributed by atoms with Crippen LogP contribution < -0.4 is 0 Å². The van der Waals surface area contributed by atoms with Crippen LogP contribution in [0.3, 0.4) is 0 Å². The molecule has 0 atom stereocenters. The predicted molar refractivity (Wildman–Crippen MR) is 189 cm³/mol. The summed E-state index contributed by atoms with van der Waals surface area (Å²) in [6.45, 7) is 4.49. The van der Waals surface area contributed by atoms with Gasteiger partial charge in [0.05, 0.1) is 9.79 Å². The van der Waals surface area contributed by atoms with Gasteiger partial charge in [-0.2, -0.15) is 0 Å². The first kappa shape index (κ1) is 45.9. The summed E-state index contributed by atoms with van der Waals surface area (Å²) in [6, 6.07) is 12.9. The molecule has 0 amide bonds. The molecule has 0 fully saturated rings. The first-order chi connectivity index (χ1) is 22.1. The predicted octanol–water partition coefficient (Wildman–Crippen LogP) is 10.9. The summed E-state index contributed by atoms with van der Waals surface area (Å²) in [5.74, 6) is 0. The van der Waals surface area contributed by atoms with E-state index in [0.717, 1.165) is 36.8 Å². The molecule has 0 aliphatic carbocycles. The van der Waals surface area contributed by atoms with Crippen molar-refractivity contribution in [3.63, 3.8) is 0 Å². The Balaban J connectivity index is 0.000000882. The van der Waals surface area contributed by atoms with Gasteiger partial charge in [-0.1, -0.05) is 167 Å². The van der Waals surface area contributed by atoms with Crippen LogP contribution in [-0.2, 0) is 52.6 Å². The number of rotatable bonds is 26. The Morgan fingerprint density at radius 2 is 0.681 bits per heavy atom. The van der Waals surface area contributed by atoms with E-state index in [1.165, 1.54) is 153 Å². The Hall–Kier alpha value is -1.12. The number of hydrogen-bond acceptors (Lipinski definition) is 6. The molecule has 2 aromatic carbocycles. The van der Waals surface area contributed by atoms with Crippen LogP contribution in [0.2, 0.25) is 0 Å². The van der Waals surface area contributed by atoms with Crippen molar-refractivity contribution < 1.29 is 45.4 Å². The minimum absolute atomic E-state index is 0. The molecule has 0 radical (unpaired) electrons. The topological polar surface area (TPSA) is 114 Å². The second kappa shape index (κ2) is 28.7. The summed E-state index contributed by atoms with van der Waals surface area (Å²) in [5.41, 5.74) is 1.88. The summed E-state index contributed by atoms with van der Waals surface area (Å²) in [6.07, 6.45) is 30.2. The minimum atomic E-state index is -4.33. The van der Waals surface area contributed by atoms with Crippen molar-refractivity contribution in [2.24, 2.45) is 0 Å². The van der Waals surface area contributed by atoms with Gasteiger partial charge in [0.2, 0.25) is 0 Å². The van der Waals surface area contributed by atoms with Gasteiger partial charge in [0.25, 0.3) is 0 Å². The number of aryl methyl sites for hydroxylation is 2. The molecule has 0 aromatic heterocycles. The zero-order chi connectivity index (χ0) is 33.9. The van der Waals surface area contributed by atoms with E-state index in [4.69, 9.17) is 0 Å². The van der Waals surface area contributed by atoms with Crippen molar-refractivity contribution in [3.8, 4) is 0 Å². The monoisotopic (exact) mass is 742 g/mol. The molecule has 0 aliphatic heterocycles. The van der Waals surface area contributed by atoms with Gasteiger partial charge < -0.3 is 9.11 Å². The quantitative estimate of drug-likeness (QED) is 0.0538. The molecule has 0 unspecified atom stereocenters. The van der Waals surface area contributed by atoms with Crippen LogP contribution in [0.5, 0.6) is 0 Å². The molecule has 0 aliphatic rings.